The number of nitro benzene ring substituents is 1. The van der Waals surface area contributed by atoms with Crippen LogP contribution in [0.4, 0.5) is 5.69 Å². The third kappa shape index (κ3) is 3.68. The Morgan fingerprint density at radius 3 is 2.59 bits per heavy atom. The molecule has 1 saturated heterocycles. The minimum absolute atomic E-state index is 0.0282. The van der Waals surface area contributed by atoms with Gasteiger partial charge in [0.25, 0.3) is 5.69 Å². The third-order valence-electron chi connectivity index (χ3n) is 4.64. The third-order valence-corrected chi connectivity index (χ3v) is 5.69. The maximum Gasteiger partial charge on any atom is 0.269 e. The lowest BCUT2D eigenvalue weighted by molar-refractivity contribution is -0.384. The highest BCUT2D eigenvalue weighted by molar-refractivity contribution is 7.98. The Bertz CT molecular complexity index is 1030. The van der Waals surface area contributed by atoms with Crippen LogP contribution in [0.3, 0.4) is 0 Å². The van der Waals surface area contributed by atoms with E-state index in [0.717, 1.165) is 5.56 Å². The summed E-state index contributed by atoms with van der Waals surface area (Å²) in [5.41, 5.74) is 1.83. The van der Waals surface area contributed by atoms with Crippen molar-refractivity contribution in [3.8, 4) is 0 Å². The van der Waals surface area contributed by atoms with Crippen molar-refractivity contribution in [3.05, 3.63) is 52.6 Å². The van der Waals surface area contributed by atoms with Crippen molar-refractivity contribution < 1.29 is 25.0 Å². The monoisotopic (exact) mass is 419 g/mol. The van der Waals surface area contributed by atoms with Crippen LogP contribution < -0.4 is 0 Å². The summed E-state index contributed by atoms with van der Waals surface area (Å²) in [7, 11) is 0. The summed E-state index contributed by atoms with van der Waals surface area (Å²) >= 11 is 1.39. The van der Waals surface area contributed by atoms with Crippen molar-refractivity contribution in [2.24, 2.45) is 0 Å². The van der Waals surface area contributed by atoms with Crippen molar-refractivity contribution in [3.63, 3.8) is 0 Å². The van der Waals surface area contributed by atoms with E-state index in [-0.39, 0.29) is 5.69 Å². The van der Waals surface area contributed by atoms with Crippen LogP contribution in [0.5, 0.6) is 0 Å². The van der Waals surface area contributed by atoms with Gasteiger partial charge in [-0.05, 0) is 5.56 Å². The zero-order chi connectivity index (χ0) is 20.5. The molecule has 0 radical (unpaired) electrons. The number of hydrogen-bond donors (Lipinski definition) is 3. The number of nitrogens with zero attached hydrogens (tertiary/aromatic N) is 5. The minimum Gasteiger partial charge on any atom is -0.394 e. The average Bonchev–Trinajstić information content (AvgIpc) is 3.28. The first-order chi connectivity index (χ1) is 14.0. The molecule has 4 rings (SSSR count). The Morgan fingerprint density at radius 1 is 1.17 bits per heavy atom. The Hall–Kier alpha value is -2.64. The molecule has 1 fully saturated rings. The van der Waals surface area contributed by atoms with Gasteiger partial charge in [-0.25, -0.2) is 15.0 Å². The fourth-order valence-corrected chi connectivity index (χ4v) is 4.00. The highest BCUT2D eigenvalue weighted by Crippen LogP contribution is 2.33. The molecule has 152 valence electrons. The molecule has 0 saturated carbocycles. The van der Waals surface area contributed by atoms with Crippen LogP contribution in [0, 0.1) is 10.1 Å². The Balaban J connectivity index is 1.55. The summed E-state index contributed by atoms with van der Waals surface area (Å²) < 4.78 is 7.03. The van der Waals surface area contributed by atoms with E-state index in [4.69, 9.17) is 4.74 Å². The number of imidazole rings is 1. The van der Waals surface area contributed by atoms with Gasteiger partial charge in [0.05, 0.1) is 17.9 Å². The Morgan fingerprint density at radius 2 is 1.93 bits per heavy atom. The van der Waals surface area contributed by atoms with E-state index in [9.17, 15) is 25.4 Å². The fourth-order valence-electron chi connectivity index (χ4n) is 3.10. The van der Waals surface area contributed by atoms with E-state index in [2.05, 4.69) is 15.0 Å². The van der Waals surface area contributed by atoms with Gasteiger partial charge in [0.15, 0.2) is 11.9 Å². The molecule has 3 aromatic rings. The maximum atomic E-state index is 10.7. The van der Waals surface area contributed by atoms with Crippen LogP contribution in [-0.4, -0.2) is 64.7 Å². The molecule has 12 heteroatoms. The van der Waals surface area contributed by atoms with Crippen LogP contribution in [0.25, 0.3) is 11.2 Å². The number of ether oxygens (including phenoxy) is 1. The summed E-state index contributed by atoms with van der Waals surface area (Å²) in [4.78, 5) is 23.1. The van der Waals surface area contributed by atoms with Gasteiger partial charge in [-0.2, -0.15) is 0 Å². The number of fused-ring (bicyclic) bond motifs is 1. The minimum atomic E-state index is -1.24. The molecule has 0 aliphatic carbocycles. The first-order valence-electron chi connectivity index (χ1n) is 8.65. The number of non-ortho nitro benzene ring substituents is 1. The number of aromatic nitrogens is 4. The topological polar surface area (TPSA) is 157 Å². The highest BCUT2D eigenvalue weighted by atomic mass is 32.2. The van der Waals surface area contributed by atoms with Gasteiger partial charge in [-0.15, -0.1) is 0 Å². The van der Waals surface area contributed by atoms with E-state index in [1.165, 1.54) is 41.1 Å². The molecule has 3 N–H and O–H groups in total. The van der Waals surface area contributed by atoms with Gasteiger partial charge in [-0.3, -0.25) is 14.7 Å². The van der Waals surface area contributed by atoms with Crippen molar-refractivity contribution in [1.29, 1.82) is 0 Å². The summed E-state index contributed by atoms with van der Waals surface area (Å²) in [6.45, 7) is -0.424. The molecule has 0 bridgehead atoms. The highest BCUT2D eigenvalue weighted by Gasteiger charge is 2.44. The zero-order valence-electron chi connectivity index (χ0n) is 14.9. The van der Waals surface area contributed by atoms with Crippen LogP contribution in [-0.2, 0) is 10.5 Å². The zero-order valence-corrected chi connectivity index (χ0v) is 15.7. The van der Waals surface area contributed by atoms with Gasteiger partial charge in [0, 0.05) is 17.9 Å². The van der Waals surface area contributed by atoms with E-state index >= 15 is 0 Å². The standard InChI is InChI=1S/C17H17N5O6S/c23-5-11-13(24)14(25)17(28-11)21-8-20-12-15(21)18-7-19-16(12)29-6-9-1-3-10(4-2-9)22(26)27/h1-4,7-8,11,13-14,17,23-25H,5-6H2/t11-,13?,14-,17-/m1/s1. The number of aliphatic hydroxyl groups is 3. The summed E-state index contributed by atoms with van der Waals surface area (Å²) in [6, 6.07) is 6.26. The first kappa shape index (κ1) is 19.7. The van der Waals surface area contributed by atoms with Gasteiger partial charge >= 0.3 is 0 Å². The second-order valence-electron chi connectivity index (χ2n) is 6.44. The lowest BCUT2D eigenvalue weighted by Gasteiger charge is -2.16. The van der Waals surface area contributed by atoms with Gasteiger partial charge in [0.2, 0.25) is 0 Å². The van der Waals surface area contributed by atoms with Gasteiger partial charge < -0.3 is 20.1 Å². The predicted molar refractivity (Wildman–Crippen MR) is 101 cm³/mol. The number of nitro groups is 1. The first-order valence-corrected chi connectivity index (χ1v) is 9.64. The lowest BCUT2D eigenvalue weighted by Crippen LogP contribution is -2.33. The number of hydrogen-bond acceptors (Lipinski definition) is 10. The molecule has 0 amide bonds. The molecule has 11 nitrogen and oxygen atoms in total. The predicted octanol–water partition coefficient (Wildman–Crippen LogP) is 0.638. The number of thioether (sulfide) groups is 1. The molecule has 2 aromatic heterocycles. The summed E-state index contributed by atoms with van der Waals surface area (Å²) in [5.74, 6) is 0.519. The van der Waals surface area contributed by atoms with Crippen molar-refractivity contribution in [2.45, 2.75) is 35.3 Å². The van der Waals surface area contributed by atoms with Crippen LogP contribution in [0.15, 0.2) is 41.9 Å². The van der Waals surface area contributed by atoms with Crippen LogP contribution >= 0.6 is 11.8 Å². The van der Waals surface area contributed by atoms with E-state index in [1.54, 1.807) is 12.1 Å². The summed E-state index contributed by atoms with van der Waals surface area (Å²) in [6.07, 6.45) is -1.49. The molecule has 1 unspecified atom stereocenters. The quantitative estimate of drug-likeness (QED) is 0.224. The number of benzene rings is 1. The van der Waals surface area contributed by atoms with Crippen LogP contribution in [0.2, 0.25) is 0 Å². The smallest absolute Gasteiger partial charge is 0.269 e. The fraction of sp³-hybridized carbons (Fsp3) is 0.353. The molecule has 29 heavy (non-hydrogen) atoms. The van der Waals surface area contributed by atoms with Crippen molar-refractivity contribution in [2.75, 3.05) is 6.61 Å². The van der Waals surface area contributed by atoms with E-state index < -0.39 is 36.1 Å². The van der Waals surface area contributed by atoms with Gasteiger partial charge in [0.1, 0.15) is 35.2 Å². The van der Waals surface area contributed by atoms with E-state index in [1.807, 2.05) is 0 Å². The Labute approximate surface area is 168 Å². The molecule has 4 atom stereocenters. The second-order valence-corrected chi connectivity index (χ2v) is 7.41. The largest absolute Gasteiger partial charge is 0.394 e. The maximum absolute atomic E-state index is 10.7. The molecular weight excluding hydrogens is 402 g/mol. The van der Waals surface area contributed by atoms with Crippen LogP contribution in [0.1, 0.15) is 11.8 Å². The molecular formula is C17H17N5O6S. The normalized spacial score (nSPS) is 24.2. The lowest BCUT2D eigenvalue weighted by atomic mass is 10.1. The molecule has 1 aromatic carbocycles. The Kier molecular flexibility index (Phi) is 5.43. The van der Waals surface area contributed by atoms with E-state index in [0.29, 0.717) is 21.9 Å². The average molecular weight is 419 g/mol. The summed E-state index contributed by atoms with van der Waals surface area (Å²) in [5, 5.41) is 40.8. The number of rotatable bonds is 6. The van der Waals surface area contributed by atoms with Crippen molar-refractivity contribution in [1.82, 2.24) is 19.5 Å². The molecule has 0 spiro atoms. The number of aliphatic hydroxyl groups excluding tert-OH is 3. The van der Waals surface area contributed by atoms with Crippen molar-refractivity contribution >= 4 is 28.6 Å². The molecule has 1 aliphatic heterocycles. The molecule has 3 heterocycles. The van der Waals surface area contributed by atoms with Gasteiger partial charge in [-0.1, -0.05) is 23.9 Å². The second kappa shape index (κ2) is 8.00. The molecule has 1 aliphatic rings. The SMILES string of the molecule is O=[N+]([O-])c1ccc(CSc2ncnc3c2ncn3[C@@H]2O[C@H](CO)C(O)[C@H]2O)cc1.